The lowest BCUT2D eigenvalue weighted by Crippen LogP contribution is -2.39. The van der Waals surface area contributed by atoms with E-state index in [1.165, 1.54) is 6.07 Å². The van der Waals surface area contributed by atoms with E-state index in [0.29, 0.717) is 5.92 Å². The Morgan fingerprint density at radius 3 is 2.88 bits per heavy atom. The number of nitrogens with one attached hydrogen (secondary N) is 2. The van der Waals surface area contributed by atoms with E-state index in [-0.39, 0.29) is 17.5 Å². The van der Waals surface area contributed by atoms with Crippen LogP contribution >= 0.6 is 0 Å². The Kier molecular flexibility index (Phi) is 3.43. The third-order valence-corrected chi connectivity index (χ3v) is 3.20. The first kappa shape index (κ1) is 12.0. The molecule has 4 heteroatoms. The number of hydrogen-bond donors (Lipinski definition) is 2. The van der Waals surface area contributed by atoms with Crippen molar-refractivity contribution < 1.29 is 9.18 Å². The van der Waals surface area contributed by atoms with Crippen molar-refractivity contribution in [3.63, 3.8) is 0 Å². The van der Waals surface area contributed by atoms with Crippen molar-refractivity contribution in [1.29, 1.82) is 0 Å². The first-order chi connectivity index (χ1) is 8.08. The first-order valence-corrected chi connectivity index (χ1v) is 5.85. The molecule has 0 saturated carbocycles. The van der Waals surface area contributed by atoms with Crippen molar-refractivity contribution in [3.05, 3.63) is 35.1 Å². The zero-order valence-corrected chi connectivity index (χ0v) is 10.1. The molecule has 1 aromatic carbocycles. The summed E-state index contributed by atoms with van der Waals surface area (Å²) in [7, 11) is 0. The van der Waals surface area contributed by atoms with Crippen LogP contribution in [0.1, 0.15) is 22.8 Å². The molecule has 2 unspecified atom stereocenters. The maximum absolute atomic E-state index is 13.5. The predicted octanol–water partition coefficient (Wildman–Crippen LogP) is 1.47. The number of amides is 1. The van der Waals surface area contributed by atoms with E-state index in [1.807, 2.05) is 6.92 Å². The molecule has 1 aromatic rings. The lowest BCUT2D eigenvalue weighted by atomic mass is 10.1. The molecule has 2 rings (SSSR count). The van der Waals surface area contributed by atoms with E-state index in [1.54, 1.807) is 12.1 Å². The average Bonchev–Trinajstić information content (AvgIpc) is 2.68. The van der Waals surface area contributed by atoms with Crippen LogP contribution in [0.3, 0.4) is 0 Å². The molecule has 0 bridgehead atoms. The molecule has 1 saturated heterocycles. The molecular weight excluding hydrogens is 219 g/mol. The summed E-state index contributed by atoms with van der Waals surface area (Å²) in [5, 5.41) is 6.07. The lowest BCUT2D eigenvalue weighted by molar-refractivity contribution is 0.0928. The Balaban J connectivity index is 2.11. The van der Waals surface area contributed by atoms with Gasteiger partial charge in [0.1, 0.15) is 5.82 Å². The van der Waals surface area contributed by atoms with Gasteiger partial charge >= 0.3 is 0 Å². The highest BCUT2D eigenvalue weighted by Crippen LogP contribution is 2.12. The Hall–Kier alpha value is -1.42. The van der Waals surface area contributed by atoms with E-state index in [0.717, 1.165) is 18.7 Å². The van der Waals surface area contributed by atoms with Gasteiger partial charge in [0.2, 0.25) is 0 Å². The number of hydrogen-bond acceptors (Lipinski definition) is 2. The fourth-order valence-corrected chi connectivity index (χ4v) is 2.06. The maximum atomic E-state index is 13.5. The van der Waals surface area contributed by atoms with Crippen molar-refractivity contribution in [3.8, 4) is 0 Å². The number of carbonyl (C=O) groups excluding carboxylic acids is 1. The molecule has 0 aliphatic carbocycles. The molecule has 2 N–H and O–H groups in total. The minimum atomic E-state index is -0.466. The van der Waals surface area contributed by atoms with Crippen LogP contribution in [0.5, 0.6) is 0 Å². The molecule has 0 radical (unpaired) electrons. The van der Waals surface area contributed by atoms with Crippen LogP contribution < -0.4 is 10.6 Å². The van der Waals surface area contributed by atoms with Crippen LogP contribution in [-0.2, 0) is 0 Å². The van der Waals surface area contributed by atoms with Crippen molar-refractivity contribution >= 4 is 5.91 Å². The van der Waals surface area contributed by atoms with Gasteiger partial charge in [0, 0.05) is 12.6 Å². The van der Waals surface area contributed by atoms with Gasteiger partial charge in [-0.05, 0) is 31.5 Å². The van der Waals surface area contributed by atoms with Gasteiger partial charge in [0.05, 0.1) is 5.56 Å². The van der Waals surface area contributed by atoms with Gasteiger partial charge in [-0.2, -0.15) is 0 Å². The van der Waals surface area contributed by atoms with Crippen molar-refractivity contribution in [2.45, 2.75) is 19.9 Å². The molecule has 1 heterocycles. The summed E-state index contributed by atoms with van der Waals surface area (Å²) >= 11 is 0. The van der Waals surface area contributed by atoms with E-state index < -0.39 is 5.82 Å². The Bertz CT molecular complexity index is 433. The Morgan fingerprint density at radius 2 is 2.24 bits per heavy atom. The largest absolute Gasteiger partial charge is 0.348 e. The van der Waals surface area contributed by atoms with Crippen LogP contribution in [0.25, 0.3) is 0 Å². The zero-order valence-electron chi connectivity index (χ0n) is 10.1. The molecule has 1 aliphatic rings. The van der Waals surface area contributed by atoms with Crippen molar-refractivity contribution in [1.82, 2.24) is 10.6 Å². The minimum Gasteiger partial charge on any atom is -0.348 e. The van der Waals surface area contributed by atoms with Crippen LogP contribution in [0.15, 0.2) is 18.2 Å². The van der Waals surface area contributed by atoms with Crippen LogP contribution in [0.4, 0.5) is 4.39 Å². The van der Waals surface area contributed by atoms with Crippen LogP contribution in [0.2, 0.25) is 0 Å². The Morgan fingerprint density at radius 1 is 1.47 bits per heavy atom. The van der Waals surface area contributed by atoms with Gasteiger partial charge < -0.3 is 10.6 Å². The standard InChI is InChI=1S/C13H17FN2O/c1-8-3-4-11(14)10(5-8)13(17)16-12-7-15-6-9(12)2/h3-5,9,12,15H,6-7H2,1-2H3,(H,16,17). The van der Waals surface area contributed by atoms with Crippen LogP contribution in [0, 0.1) is 18.7 Å². The van der Waals surface area contributed by atoms with E-state index >= 15 is 0 Å². The smallest absolute Gasteiger partial charge is 0.254 e. The third kappa shape index (κ3) is 2.64. The fraction of sp³-hybridized carbons (Fsp3) is 0.462. The minimum absolute atomic E-state index is 0.0856. The lowest BCUT2D eigenvalue weighted by Gasteiger charge is -2.16. The Labute approximate surface area is 100 Å². The number of rotatable bonds is 2. The number of halogens is 1. The quantitative estimate of drug-likeness (QED) is 0.816. The van der Waals surface area contributed by atoms with Gasteiger partial charge in [-0.3, -0.25) is 4.79 Å². The highest BCUT2D eigenvalue weighted by atomic mass is 19.1. The number of carbonyl (C=O) groups is 1. The fourth-order valence-electron chi connectivity index (χ4n) is 2.06. The third-order valence-electron chi connectivity index (χ3n) is 3.20. The topological polar surface area (TPSA) is 41.1 Å². The van der Waals surface area contributed by atoms with Crippen molar-refractivity contribution in [2.75, 3.05) is 13.1 Å². The summed E-state index contributed by atoms with van der Waals surface area (Å²) in [4.78, 5) is 11.9. The molecule has 92 valence electrons. The van der Waals surface area contributed by atoms with Gasteiger partial charge in [-0.15, -0.1) is 0 Å². The molecule has 3 nitrogen and oxygen atoms in total. The van der Waals surface area contributed by atoms with E-state index in [9.17, 15) is 9.18 Å². The predicted molar refractivity (Wildman–Crippen MR) is 64.4 cm³/mol. The zero-order chi connectivity index (χ0) is 12.4. The van der Waals surface area contributed by atoms with Gasteiger partial charge in [-0.25, -0.2) is 4.39 Å². The van der Waals surface area contributed by atoms with Gasteiger partial charge in [0.25, 0.3) is 5.91 Å². The number of benzene rings is 1. The summed E-state index contributed by atoms with van der Waals surface area (Å²) in [6.07, 6.45) is 0. The normalized spacial score (nSPS) is 23.7. The van der Waals surface area contributed by atoms with E-state index in [4.69, 9.17) is 0 Å². The van der Waals surface area contributed by atoms with Crippen molar-refractivity contribution in [2.24, 2.45) is 5.92 Å². The molecule has 1 aliphatic heterocycles. The van der Waals surface area contributed by atoms with Gasteiger partial charge in [0.15, 0.2) is 0 Å². The summed E-state index contributed by atoms with van der Waals surface area (Å²) in [6, 6.07) is 4.66. The second-order valence-electron chi connectivity index (χ2n) is 4.70. The molecule has 1 fully saturated rings. The average molecular weight is 236 g/mol. The molecule has 2 atom stereocenters. The highest BCUT2D eigenvalue weighted by molar-refractivity contribution is 5.94. The van der Waals surface area contributed by atoms with Crippen LogP contribution in [-0.4, -0.2) is 25.0 Å². The molecule has 1 amide bonds. The summed E-state index contributed by atoms with van der Waals surface area (Å²) in [5.41, 5.74) is 1.01. The summed E-state index contributed by atoms with van der Waals surface area (Å²) in [6.45, 7) is 5.55. The molecular formula is C13H17FN2O. The summed E-state index contributed by atoms with van der Waals surface area (Å²) in [5.74, 6) is -0.412. The first-order valence-electron chi connectivity index (χ1n) is 5.85. The number of aryl methyl sites for hydroxylation is 1. The second-order valence-corrected chi connectivity index (χ2v) is 4.70. The molecule has 17 heavy (non-hydrogen) atoms. The summed E-state index contributed by atoms with van der Waals surface area (Å²) < 4.78 is 13.5. The maximum Gasteiger partial charge on any atom is 0.254 e. The molecule has 0 spiro atoms. The molecule has 0 aromatic heterocycles. The second kappa shape index (κ2) is 4.84. The van der Waals surface area contributed by atoms with E-state index in [2.05, 4.69) is 17.6 Å². The highest BCUT2D eigenvalue weighted by Gasteiger charge is 2.25. The monoisotopic (exact) mass is 236 g/mol. The van der Waals surface area contributed by atoms with Gasteiger partial charge in [-0.1, -0.05) is 18.6 Å². The SMILES string of the molecule is Cc1ccc(F)c(C(=O)NC2CNCC2C)c1.